The maximum absolute atomic E-state index is 11.8. The summed E-state index contributed by atoms with van der Waals surface area (Å²) in [6.45, 7) is 1.99. The first-order chi connectivity index (χ1) is 9.69. The third-order valence-corrected chi connectivity index (χ3v) is 3.92. The lowest BCUT2D eigenvalue weighted by atomic mass is 10.3. The van der Waals surface area contributed by atoms with Crippen molar-refractivity contribution in [2.24, 2.45) is 0 Å². The molecule has 0 radical (unpaired) electrons. The number of amides is 1. The minimum Gasteiger partial charge on any atom is -0.484 e. The lowest BCUT2D eigenvalue weighted by Crippen LogP contribution is -2.30. The molecule has 20 heavy (non-hydrogen) atoms. The van der Waals surface area contributed by atoms with Gasteiger partial charge >= 0.3 is 0 Å². The van der Waals surface area contributed by atoms with Crippen LogP contribution in [0.4, 0.5) is 5.69 Å². The molecule has 1 aromatic carbocycles. The number of hydrogen-bond donors (Lipinski definition) is 2. The molecule has 5 heteroatoms. The number of benzene rings is 1. The number of rotatable bonds is 6. The second-order valence-corrected chi connectivity index (χ2v) is 5.35. The Bertz CT molecular complexity index is 538. The number of anilines is 1. The first kappa shape index (κ1) is 14.4. The summed E-state index contributed by atoms with van der Waals surface area (Å²) in [7, 11) is 1.86. The van der Waals surface area contributed by atoms with E-state index in [0.29, 0.717) is 5.75 Å². The van der Waals surface area contributed by atoms with Gasteiger partial charge in [-0.1, -0.05) is 6.07 Å². The largest absolute Gasteiger partial charge is 0.484 e. The zero-order valence-electron chi connectivity index (χ0n) is 11.6. The highest BCUT2D eigenvalue weighted by atomic mass is 32.1. The van der Waals surface area contributed by atoms with Gasteiger partial charge in [-0.15, -0.1) is 11.3 Å². The Kier molecular flexibility index (Phi) is 5.01. The van der Waals surface area contributed by atoms with E-state index in [1.165, 1.54) is 0 Å². The van der Waals surface area contributed by atoms with Gasteiger partial charge in [0.1, 0.15) is 5.75 Å². The van der Waals surface area contributed by atoms with Crippen molar-refractivity contribution in [3.8, 4) is 5.75 Å². The number of thiophene rings is 1. The van der Waals surface area contributed by atoms with Crippen molar-refractivity contribution in [1.82, 2.24) is 5.32 Å². The van der Waals surface area contributed by atoms with Crippen LogP contribution in [0.25, 0.3) is 0 Å². The van der Waals surface area contributed by atoms with Crippen LogP contribution in [0.3, 0.4) is 0 Å². The summed E-state index contributed by atoms with van der Waals surface area (Å²) in [5, 5.41) is 7.93. The highest BCUT2D eigenvalue weighted by molar-refractivity contribution is 7.10. The molecular weight excluding hydrogens is 272 g/mol. The molecule has 0 aliphatic rings. The summed E-state index contributed by atoms with van der Waals surface area (Å²) in [5.74, 6) is 0.562. The van der Waals surface area contributed by atoms with Crippen LogP contribution in [0, 0.1) is 0 Å². The van der Waals surface area contributed by atoms with Gasteiger partial charge in [0.2, 0.25) is 0 Å². The first-order valence-electron chi connectivity index (χ1n) is 6.42. The Morgan fingerprint density at radius 1 is 1.30 bits per heavy atom. The smallest absolute Gasteiger partial charge is 0.258 e. The van der Waals surface area contributed by atoms with Crippen LogP contribution in [-0.2, 0) is 4.79 Å². The van der Waals surface area contributed by atoms with E-state index >= 15 is 0 Å². The fourth-order valence-electron chi connectivity index (χ4n) is 1.76. The predicted octanol–water partition coefficient (Wildman–Crippen LogP) is 3.05. The molecule has 0 bridgehead atoms. The van der Waals surface area contributed by atoms with E-state index in [0.717, 1.165) is 10.6 Å². The lowest BCUT2D eigenvalue weighted by molar-refractivity contribution is -0.123. The maximum Gasteiger partial charge on any atom is 0.258 e. The molecule has 4 nitrogen and oxygen atoms in total. The summed E-state index contributed by atoms with van der Waals surface area (Å²) in [6.07, 6.45) is 0. The normalized spacial score (nSPS) is 11.7. The van der Waals surface area contributed by atoms with Gasteiger partial charge in [0.15, 0.2) is 6.61 Å². The van der Waals surface area contributed by atoms with E-state index in [1.54, 1.807) is 11.3 Å². The first-order valence-corrected chi connectivity index (χ1v) is 7.30. The average molecular weight is 290 g/mol. The second-order valence-electron chi connectivity index (χ2n) is 4.37. The van der Waals surface area contributed by atoms with Crippen LogP contribution in [0.2, 0.25) is 0 Å². The minimum atomic E-state index is -0.122. The van der Waals surface area contributed by atoms with Crippen LogP contribution in [0.5, 0.6) is 5.75 Å². The van der Waals surface area contributed by atoms with Gasteiger partial charge in [0, 0.05) is 17.6 Å². The predicted molar refractivity (Wildman–Crippen MR) is 82.4 cm³/mol. The summed E-state index contributed by atoms with van der Waals surface area (Å²) in [6, 6.07) is 11.5. The summed E-state index contributed by atoms with van der Waals surface area (Å²) in [5.41, 5.74) is 1.01. The number of nitrogens with one attached hydrogen (secondary N) is 2. The number of carbonyl (C=O) groups excluding carboxylic acids is 1. The molecule has 2 aromatic rings. The molecular formula is C15H18N2O2S. The second kappa shape index (κ2) is 6.96. The Hall–Kier alpha value is -2.01. The Morgan fingerprint density at radius 3 is 2.65 bits per heavy atom. The topological polar surface area (TPSA) is 50.4 Å². The molecule has 1 atom stereocenters. The quantitative estimate of drug-likeness (QED) is 0.859. The van der Waals surface area contributed by atoms with E-state index in [2.05, 4.69) is 10.6 Å². The molecule has 1 heterocycles. The molecule has 0 fully saturated rings. The average Bonchev–Trinajstić information content (AvgIpc) is 3.00. The molecule has 0 saturated carbocycles. The highest BCUT2D eigenvalue weighted by Crippen LogP contribution is 2.18. The molecule has 1 unspecified atom stereocenters. The number of hydrogen-bond acceptors (Lipinski definition) is 4. The molecule has 0 aliphatic carbocycles. The summed E-state index contributed by atoms with van der Waals surface area (Å²) in [4.78, 5) is 12.9. The van der Waals surface area contributed by atoms with Gasteiger partial charge in [-0.05, 0) is 42.6 Å². The fraction of sp³-hybridized carbons (Fsp3) is 0.267. The van der Waals surface area contributed by atoms with Crippen molar-refractivity contribution >= 4 is 22.9 Å². The number of carbonyl (C=O) groups is 1. The van der Waals surface area contributed by atoms with Crippen molar-refractivity contribution in [1.29, 1.82) is 0 Å². The van der Waals surface area contributed by atoms with Gasteiger partial charge in [-0.3, -0.25) is 4.79 Å². The third kappa shape index (κ3) is 3.99. The van der Waals surface area contributed by atoms with Crippen molar-refractivity contribution < 1.29 is 9.53 Å². The molecule has 0 aliphatic heterocycles. The zero-order valence-corrected chi connectivity index (χ0v) is 12.4. The summed E-state index contributed by atoms with van der Waals surface area (Å²) >= 11 is 1.63. The molecule has 0 spiro atoms. The zero-order chi connectivity index (χ0) is 14.4. The molecule has 1 aromatic heterocycles. The number of ether oxygens (including phenoxy) is 1. The van der Waals surface area contributed by atoms with E-state index in [9.17, 15) is 4.79 Å². The standard InChI is InChI=1S/C15H18N2O2S/c1-11(14-4-3-9-20-14)17-15(18)10-19-13-7-5-12(16-2)6-8-13/h3-9,11,16H,10H2,1-2H3,(H,17,18). The van der Waals surface area contributed by atoms with Crippen LogP contribution in [-0.4, -0.2) is 19.6 Å². The monoisotopic (exact) mass is 290 g/mol. The van der Waals surface area contributed by atoms with Crippen LogP contribution in [0.1, 0.15) is 17.8 Å². The van der Waals surface area contributed by atoms with Crippen molar-refractivity contribution in [2.45, 2.75) is 13.0 Å². The molecule has 2 rings (SSSR count). The Balaban J connectivity index is 1.79. The van der Waals surface area contributed by atoms with Gasteiger partial charge in [0.25, 0.3) is 5.91 Å². The van der Waals surface area contributed by atoms with Crippen LogP contribution < -0.4 is 15.4 Å². The van der Waals surface area contributed by atoms with Crippen molar-refractivity contribution in [3.63, 3.8) is 0 Å². The van der Waals surface area contributed by atoms with Crippen LogP contribution >= 0.6 is 11.3 Å². The molecule has 106 valence electrons. The van der Waals surface area contributed by atoms with Gasteiger partial charge in [-0.25, -0.2) is 0 Å². The highest BCUT2D eigenvalue weighted by Gasteiger charge is 2.10. The molecule has 2 N–H and O–H groups in total. The summed E-state index contributed by atoms with van der Waals surface area (Å²) < 4.78 is 5.45. The Labute approximate surface area is 122 Å². The van der Waals surface area contributed by atoms with E-state index in [-0.39, 0.29) is 18.6 Å². The van der Waals surface area contributed by atoms with E-state index in [4.69, 9.17) is 4.74 Å². The fourth-order valence-corrected chi connectivity index (χ4v) is 2.49. The maximum atomic E-state index is 11.8. The minimum absolute atomic E-state index is 0.0118. The SMILES string of the molecule is CNc1ccc(OCC(=O)NC(C)c2cccs2)cc1. The van der Waals surface area contributed by atoms with Crippen molar-refractivity contribution in [3.05, 3.63) is 46.7 Å². The van der Waals surface area contributed by atoms with E-state index in [1.807, 2.05) is 55.7 Å². The van der Waals surface area contributed by atoms with Crippen molar-refractivity contribution in [2.75, 3.05) is 19.0 Å². The van der Waals surface area contributed by atoms with Crippen LogP contribution in [0.15, 0.2) is 41.8 Å². The molecule has 1 amide bonds. The van der Waals surface area contributed by atoms with Gasteiger partial charge in [0.05, 0.1) is 6.04 Å². The van der Waals surface area contributed by atoms with E-state index < -0.39 is 0 Å². The van der Waals surface area contributed by atoms with Gasteiger partial charge < -0.3 is 15.4 Å². The third-order valence-electron chi connectivity index (χ3n) is 2.86. The van der Waals surface area contributed by atoms with Gasteiger partial charge in [-0.2, -0.15) is 0 Å². The lowest BCUT2D eigenvalue weighted by Gasteiger charge is -2.13. The molecule has 0 saturated heterocycles. The Morgan fingerprint density at radius 2 is 2.05 bits per heavy atom.